The normalized spacial score (nSPS) is 11.9. The number of hydrogen-bond donors (Lipinski definition) is 1. The maximum Gasteiger partial charge on any atom is 0.435 e. The summed E-state index contributed by atoms with van der Waals surface area (Å²) in [6.07, 6.45) is -2.60. The second kappa shape index (κ2) is 6.30. The topological polar surface area (TPSA) is 38.0 Å². The van der Waals surface area contributed by atoms with E-state index in [9.17, 15) is 13.2 Å². The lowest BCUT2D eigenvalue weighted by atomic mass is 10.1. The summed E-state index contributed by atoms with van der Waals surface area (Å²) in [6.45, 7) is 2.09. The Labute approximate surface area is 121 Å². The third-order valence-electron chi connectivity index (χ3n) is 3.14. The first-order valence-corrected chi connectivity index (χ1v) is 6.70. The van der Waals surface area contributed by atoms with Crippen molar-refractivity contribution in [3.8, 4) is 0 Å². The highest BCUT2D eigenvalue weighted by Crippen LogP contribution is 2.31. The number of rotatable bonds is 5. The van der Waals surface area contributed by atoms with Gasteiger partial charge in [-0.3, -0.25) is 4.68 Å². The molecule has 0 radical (unpaired) electrons. The van der Waals surface area contributed by atoms with Gasteiger partial charge in [0.2, 0.25) is 0 Å². The summed E-state index contributed by atoms with van der Waals surface area (Å²) in [5.41, 5.74) is 1.23. The van der Waals surface area contributed by atoms with Gasteiger partial charge in [-0.2, -0.15) is 18.3 Å². The van der Waals surface area contributed by atoms with Gasteiger partial charge in [-0.05, 0) is 25.3 Å². The summed E-state index contributed by atoms with van der Waals surface area (Å²) in [5, 5.41) is 12.5. The molecule has 0 aliphatic rings. The Bertz CT molecular complexity index is 605. The molecule has 0 saturated carbocycles. The molecule has 0 saturated heterocycles. The van der Waals surface area contributed by atoms with Gasteiger partial charge >= 0.3 is 6.18 Å². The van der Waals surface area contributed by atoms with Gasteiger partial charge in [0.25, 0.3) is 0 Å². The van der Waals surface area contributed by atoms with Crippen LogP contribution in [0.3, 0.4) is 0 Å². The number of aryl methyl sites for hydroxylation is 2. The molecule has 1 heterocycles. The van der Waals surface area contributed by atoms with E-state index in [0.717, 1.165) is 11.1 Å². The number of hydrogen-bond acceptors (Lipinski definition) is 2. The van der Waals surface area contributed by atoms with Gasteiger partial charge in [-0.15, -0.1) is 0 Å². The van der Waals surface area contributed by atoms with Crippen molar-refractivity contribution in [3.63, 3.8) is 0 Å². The van der Waals surface area contributed by atoms with E-state index in [4.69, 9.17) is 5.11 Å². The molecule has 0 aliphatic heterocycles. The Morgan fingerprint density at radius 3 is 2.67 bits per heavy atom. The molecule has 1 N–H and O–H groups in total. The fraction of sp³-hybridized carbons (Fsp3) is 0.400. The van der Waals surface area contributed by atoms with E-state index in [-0.39, 0.29) is 18.6 Å². The van der Waals surface area contributed by atoms with Gasteiger partial charge < -0.3 is 5.11 Å². The predicted octanol–water partition coefficient (Wildman–Crippen LogP) is 3.18. The monoisotopic (exact) mass is 298 g/mol. The first-order valence-electron chi connectivity index (χ1n) is 6.70. The van der Waals surface area contributed by atoms with Crippen molar-refractivity contribution in [1.29, 1.82) is 0 Å². The molecular weight excluding hydrogens is 281 g/mol. The van der Waals surface area contributed by atoms with Crippen LogP contribution < -0.4 is 0 Å². The molecule has 0 bridgehead atoms. The summed E-state index contributed by atoms with van der Waals surface area (Å²) in [7, 11) is 0. The Kier molecular flexibility index (Phi) is 4.67. The van der Waals surface area contributed by atoms with Crippen molar-refractivity contribution in [1.82, 2.24) is 9.78 Å². The zero-order valence-corrected chi connectivity index (χ0v) is 11.7. The van der Waals surface area contributed by atoms with Crippen LogP contribution in [0.5, 0.6) is 0 Å². The second-order valence-electron chi connectivity index (χ2n) is 5.01. The van der Waals surface area contributed by atoms with Gasteiger partial charge in [0.05, 0.1) is 6.54 Å². The van der Waals surface area contributed by atoms with Crippen molar-refractivity contribution in [2.75, 3.05) is 6.61 Å². The quantitative estimate of drug-likeness (QED) is 0.920. The number of aliphatic hydroxyl groups excluding tert-OH is 1. The molecule has 1 aromatic heterocycles. The highest BCUT2D eigenvalue weighted by Gasteiger charge is 2.36. The zero-order valence-electron chi connectivity index (χ0n) is 11.7. The van der Waals surface area contributed by atoms with Crippen molar-refractivity contribution in [2.45, 2.75) is 32.5 Å². The minimum Gasteiger partial charge on any atom is -0.396 e. The fourth-order valence-electron chi connectivity index (χ4n) is 2.23. The maximum atomic E-state index is 13.0. The Morgan fingerprint density at radius 1 is 1.29 bits per heavy atom. The molecule has 0 unspecified atom stereocenters. The van der Waals surface area contributed by atoms with Crippen LogP contribution in [0.4, 0.5) is 13.2 Å². The summed E-state index contributed by atoms with van der Waals surface area (Å²) in [4.78, 5) is 0. The number of aromatic nitrogens is 2. The highest BCUT2D eigenvalue weighted by molar-refractivity contribution is 5.24. The molecule has 0 fully saturated rings. The molecule has 2 rings (SSSR count). The zero-order chi connectivity index (χ0) is 15.5. The van der Waals surface area contributed by atoms with E-state index in [0.29, 0.717) is 13.0 Å². The molecular formula is C15H17F3N2O. The smallest absolute Gasteiger partial charge is 0.396 e. The van der Waals surface area contributed by atoms with Crippen molar-refractivity contribution in [2.24, 2.45) is 0 Å². The minimum atomic E-state index is -4.47. The van der Waals surface area contributed by atoms with E-state index >= 15 is 0 Å². The second-order valence-corrected chi connectivity index (χ2v) is 5.01. The maximum absolute atomic E-state index is 13.0. The van der Waals surface area contributed by atoms with Gasteiger partial charge in [-0.1, -0.05) is 29.8 Å². The van der Waals surface area contributed by atoms with Gasteiger partial charge in [0.1, 0.15) is 0 Å². The molecule has 3 nitrogen and oxygen atoms in total. The Balaban J connectivity index is 2.26. The lowest BCUT2D eigenvalue weighted by molar-refractivity contribution is -0.142. The van der Waals surface area contributed by atoms with Crippen molar-refractivity contribution >= 4 is 0 Å². The largest absolute Gasteiger partial charge is 0.435 e. The lowest BCUT2D eigenvalue weighted by Gasteiger charge is -2.05. The van der Waals surface area contributed by atoms with Gasteiger partial charge in [0, 0.05) is 18.4 Å². The number of nitrogens with zero attached hydrogens (tertiary/aromatic N) is 2. The van der Waals surface area contributed by atoms with E-state index in [1.54, 1.807) is 0 Å². The SMILES string of the molecule is Cc1cccc(Cn2cc(CCCO)c(C(F)(F)F)n2)c1. The summed E-state index contributed by atoms with van der Waals surface area (Å²) < 4.78 is 40.2. The van der Waals surface area contributed by atoms with Crippen LogP contribution in [-0.4, -0.2) is 21.5 Å². The standard InChI is InChI=1S/C15H17F3N2O/c1-11-4-2-5-12(8-11)9-20-10-13(6-3-7-21)14(19-20)15(16,17)18/h2,4-5,8,10,21H,3,6-7,9H2,1H3. The number of aliphatic hydroxyl groups is 1. The van der Waals surface area contributed by atoms with Crippen LogP contribution >= 0.6 is 0 Å². The van der Waals surface area contributed by atoms with Gasteiger partial charge in [-0.25, -0.2) is 0 Å². The van der Waals surface area contributed by atoms with Crippen LogP contribution in [0.15, 0.2) is 30.5 Å². The van der Waals surface area contributed by atoms with E-state index in [2.05, 4.69) is 5.10 Å². The van der Waals surface area contributed by atoms with Crippen LogP contribution in [0.2, 0.25) is 0 Å². The number of alkyl halides is 3. The third-order valence-corrected chi connectivity index (χ3v) is 3.14. The summed E-state index contributed by atoms with van der Waals surface area (Å²) >= 11 is 0. The van der Waals surface area contributed by atoms with Crippen LogP contribution in [-0.2, 0) is 19.1 Å². The molecule has 0 atom stereocenters. The van der Waals surface area contributed by atoms with Crippen LogP contribution in [0.1, 0.15) is 28.8 Å². The van der Waals surface area contributed by atoms with Crippen molar-refractivity contribution < 1.29 is 18.3 Å². The molecule has 0 spiro atoms. The average molecular weight is 298 g/mol. The van der Waals surface area contributed by atoms with Crippen LogP contribution in [0.25, 0.3) is 0 Å². The number of halogens is 3. The fourth-order valence-corrected chi connectivity index (χ4v) is 2.23. The van der Waals surface area contributed by atoms with E-state index in [1.807, 2.05) is 31.2 Å². The average Bonchev–Trinajstić information content (AvgIpc) is 2.79. The molecule has 2 aromatic rings. The van der Waals surface area contributed by atoms with Crippen molar-refractivity contribution in [3.05, 3.63) is 52.8 Å². The van der Waals surface area contributed by atoms with E-state index < -0.39 is 11.9 Å². The first kappa shape index (κ1) is 15.6. The van der Waals surface area contributed by atoms with Crippen LogP contribution in [0, 0.1) is 6.92 Å². The summed E-state index contributed by atoms with van der Waals surface area (Å²) in [6, 6.07) is 7.57. The number of benzene rings is 1. The highest BCUT2D eigenvalue weighted by atomic mass is 19.4. The summed E-state index contributed by atoms with van der Waals surface area (Å²) in [5.74, 6) is 0. The molecule has 0 amide bonds. The molecule has 1 aromatic carbocycles. The van der Waals surface area contributed by atoms with Gasteiger partial charge in [0.15, 0.2) is 5.69 Å². The molecule has 114 valence electrons. The Morgan fingerprint density at radius 2 is 2.05 bits per heavy atom. The van der Waals surface area contributed by atoms with E-state index in [1.165, 1.54) is 10.9 Å². The Hall–Kier alpha value is -1.82. The lowest BCUT2D eigenvalue weighted by Crippen LogP contribution is -2.10. The minimum absolute atomic E-state index is 0.129. The first-order chi connectivity index (χ1) is 9.90. The molecule has 0 aliphatic carbocycles. The molecule has 21 heavy (non-hydrogen) atoms. The third kappa shape index (κ3) is 4.07. The predicted molar refractivity (Wildman–Crippen MR) is 72.9 cm³/mol. The molecule has 6 heteroatoms.